The summed E-state index contributed by atoms with van der Waals surface area (Å²) in [6.45, 7) is 4.21. The second-order valence-electron chi connectivity index (χ2n) is 6.53. The van der Waals surface area contributed by atoms with Gasteiger partial charge in [0, 0.05) is 33.8 Å². The van der Waals surface area contributed by atoms with Crippen molar-refractivity contribution in [3.8, 4) is 0 Å². The average molecular weight is 404 g/mol. The molecule has 0 spiro atoms. The molecule has 1 unspecified atom stereocenters. The summed E-state index contributed by atoms with van der Waals surface area (Å²) in [6, 6.07) is 7.78. The van der Waals surface area contributed by atoms with Gasteiger partial charge >= 0.3 is 5.97 Å². The summed E-state index contributed by atoms with van der Waals surface area (Å²) in [7, 11) is 0. The molecule has 132 valence electrons. The second-order valence-corrected chi connectivity index (χ2v) is 7.39. The maximum absolute atomic E-state index is 12.8. The van der Waals surface area contributed by atoms with Crippen LogP contribution in [-0.4, -0.2) is 24.1 Å². The van der Waals surface area contributed by atoms with E-state index in [0.717, 1.165) is 40.7 Å². The van der Waals surface area contributed by atoms with Crippen molar-refractivity contribution in [1.29, 1.82) is 0 Å². The highest BCUT2D eigenvalue weighted by Gasteiger charge is 2.43. The molecular weight excluding hydrogens is 382 g/mol. The van der Waals surface area contributed by atoms with Crippen LogP contribution in [0.2, 0.25) is 0 Å². The first-order valence-electron chi connectivity index (χ1n) is 8.77. The van der Waals surface area contributed by atoms with Crippen LogP contribution in [0.25, 0.3) is 0 Å². The number of halogens is 1. The van der Waals surface area contributed by atoms with Crippen LogP contribution in [0.15, 0.2) is 45.0 Å². The molecule has 1 aliphatic heterocycles. The number of ether oxygens (including phenoxy) is 1. The number of hydrogen-bond acceptors (Lipinski definition) is 4. The van der Waals surface area contributed by atoms with Crippen molar-refractivity contribution in [2.75, 3.05) is 6.61 Å². The van der Waals surface area contributed by atoms with E-state index < -0.39 is 5.92 Å². The molecule has 0 saturated heterocycles. The summed E-state index contributed by atoms with van der Waals surface area (Å²) in [4.78, 5) is 30.1. The molecule has 5 heteroatoms. The molecule has 0 saturated carbocycles. The van der Waals surface area contributed by atoms with Gasteiger partial charge in [-0.3, -0.25) is 14.6 Å². The van der Waals surface area contributed by atoms with Gasteiger partial charge in [0.2, 0.25) is 0 Å². The first kappa shape index (κ1) is 18.1. The summed E-state index contributed by atoms with van der Waals surface area (Å²) in [5.74, 6) is -1.08. The van der Waals surface area contributed by atoms with Gasteiger partial charge in [-0.15, -0.1) is 0 Å². The number of aliphatic imine (C=N–C) groups is 1. The SMILES string of the molecule is CCCOC(=O)C1C(C)=NC2=C(C(=O)CCC2)[C@@H]1c1ccccc1Br. The molecule has 3 rings (SSSR count). The van der Waals surface area contributed by atoms with Crippen LogP contribution in [0.4, 0.5) is 0 Å². The number of esters is 1. The molecular formula is C20H22BrNO3. The topological polar surface area (TPSA) is 55.7 Å². The molecule has 1 aromatic rings. The Kier molecular flexibility index (Phi) is 5.52. The molecule has 2 atom stereocenters. The summed E-state index contributed by atoms with van der Waals surface area (Å²) >= 11 is 3.59. The van der Waals surface area contributed by atoms with Crippen LogP contribution >= 0.6 is 15.9 Å². The van der Waals surface area contributed by atoms with Crippen LogP contribution in [-0.2, 0) is 14.3 Å². The highest BCUT2D eigenvalue weighted by atomic mass is 79.9. The lowest BCUT2D eigenvalue weighted by Crippen LogP contribution is -2.37. The van der Waals surface area contributed by atoms with Gasteiger partial charge in [-0.25, -0.2) is 0 Å². The first-order chi connectivity index (χ1) is 12.0. The summed E-state index contributed by atoms with van der Waals surface area (Å²) < 4.78 is 6.34. The van der Waals surface area contributed by atoms with Gasteiger partial charge in [0.1, 0.15) is 5.92 Å². The maximum Gasteiger partial charge on any atom is 0.315 e. The zero-order chi connectivity index (χ0) is 18.0. The van der Waals surface area contributed by atoms with Crippen molar-refractivity contribution in [2.24, 2.45) is 10.9 Å². The second kappa shape index (κ2) is 7.65. The van der Waals surface area contributed by atoms with Gasteiger partial charge in [0.25, 0.3) is 0 Å². The lowest BCUT2D eigenvalue weighted by atomic mass is 9.72. The molecule has 1 aromatic carbocycles. The van der Waals surface area contributed by atoms with Gasteiger partial charge in [0.15, 0.2) is 5.78 Å². The minimum Gasteiger partial charge on any atom is -0.465 e. The van der Waals surface area contributed by atoms with E-state index in [0.29, 0.717) is 18.6 Å². The van der Waals surface area contributed by atoms with E-state index in [2.05, 4.69) is 20.9 Å². The van der Waals surface area contributed by atoms with Crippen molar-refractivity contribution in [1.82, 2.24) is 0 Å². The predicted molar refractivity (Wildman–Crippen MR) is 101 cm³/mol. The molecule has 1 heterocycles. The van der Waals surface area contributed by atoms with E-state index in [1.807, 2.05) is 38.1 Å². The van der Waals surface area contributed by atoms with Crippen LogP contribution in [0.1, 0.15) is 51.0 Å². The third-order valence-electron chi connectivity index (χ3n) is 4.78. The number of nitrogens with zero attached hydrogens (tertiary/aromatic N) is 1. The minimum absolute atomic E-state index is 0.103. The lowest BCUT2D eigenvalue weighted by Gasteiger charge is -2.34. The van der Waals surface area contributed by atoms with Crippen LogP contribution < -0.4 is 0 Å². The molecule has 0 amide bonds. The smallest absolute Gasteiger partial charge is 0.315 e. The van der Waals surface area contributed by atoms with Crippen LogP contribution in [0, 0.1) is 5.92 Å². The van der Waals surface area contributed by atoms with Gasteiger partial charge < -0.3 is 4.74 Å². The number of benzene rings is 1. The molecule has 25 heavy (non-hydrogen) atoms. The normalized spacial score (nSPS) is 23.2. The van der Waals surface area contributed by atoms with E-state index in [-0.39, 0.29) is 17.7 Å². The fourth-order valence-electron chi connectivity index (χ4n) is 3.67. The first-order valence-corrected chi connectivity index (χ1v) is 9.56. The number of allylic oxidation sites excluding steroid dienone is 2. The van der Waals surface area contributed by atoms with Crippen molar-refractivity contribution < 1.29 is 14.3 Å². The van der Waals surface area contributed by atoms with Crippen LogP contribution in [0.5, 0.6) is 0 Å². The van der Waals surface area contributed by atoms with E-state index in [1.54, 1.807) is 0 Å². The molecule has 4 nitrogen and oxygen atoms in total. The zero-order valence-electron chi connectivity index (χ0n) is 14.5. The van der Waals surface area contributed by atoms with Gasteiger partial charge in [-0.1, -0.05) is 41.1 Å². The Balaban J connectivity index is 2.12. The van der Waals surface area contributed by atoms with E-state index in [9.17, 15) is 9.59 Å². The Labute approximate surface area is 156 Å². The monoisotopic (exact) mass is 403 g/mol. The zero-order valence-corrected chi connectivity index (χ0v) is 16.1. The highest BCUT2D eigenvalue weighted by molar-refractivity contribution is 9.10. The average Bonchev–Trinajstić information content (AvgIpc) is 2.59. The van der Waals surface area contributed by atoms with E-state index in [1.165, 1.54) is 0 Å². The molecule has 0 fully saturated rings. The van der Waals surface area contributed by atoms with Crippen molar-refractivity contribution in [3.05, 3.63) is 45.6 Å². The fraction of sp³-hybridized carbons (Fsp3) is 0.450. The number of Topliss-reactive ketones (excluding diaryl/α,β-unsaturated/α-hetero) is 1. The largest absolute Gasteiger partial charge is 0.465 e. The Morgan fingerprint density at radius 2 is 2.08 bits per heavy atom. The molecule has 1 aliphatic carbocycles. The minimum atomic E-state index is -0.550. The maximum atomic E-state index is 12.8. The van der Waals surface area contributed by atoms with Gasteiger partial charge in [0.05, 0.1) is 6.61 Å². The Bertz CT molecular complexity index is 766. The van der Waals surface area contributed by atoms with E-state index in [4.69, 9.17) is 4.74 Å². The Morgan fingerprint density at radius 3 is 2.80 bits per heavy atom. The lowest BCUT2D eigenvalue weighted by molar-refractivity contribution is -0.146. The highest BCUT2D eigenvalue weighted by Crippen LogP contribution is 2.45. The summed E-state index contributed by atoms with van der Waals surface area (Å²) in [6.07, 6.45) is 2.89. The van der Waals surface area contributed by atoms with Crippen molar-refractivity contribution >= 4 is 33.4 Å². The predicted octanol–water partition coefficient (Wildman–Crippen LogP) is 4.58. The number of hydrogen-bond donors (Lipinski definition) is 0. The molecule has 0 radical (unpaired) electrons. The third kappa shape index (κ3) is 3.47. The van der Waals surface area contributed by atoms with Gasteiger partial charge in [-0.05, 0) is 37.8 Å². The van der Waals surface area contributed by atoms with Gasteiger partial charge in [-0.2, -0.15) is 0 Å². The summed E-state index contributed by atoms with van der Waals surface area (Å²) in [5, 5.41) is 0. The quantitative estimate of drug-likeness (QED) is 0.690. The molecule has 2 aliphatic rings. The number of carbonyl (C=O) groups is 2. The summed E-state index contributed by atoms with van der Waals surface area (Å²) in [5.41, 5.74) is 3.21. The Hall–Kier alpha value is -1.75. The molecule has 0 N–H and O–H groups in total. The van der Waals surface area contributed by atoms with Crippen molar-refractivity contribution in [2.45, 2.75) is 45.4 Å². The van der Waals surface area contributed by atoms with Crippen molar-refractivity contribution in [3.63, 3.8) is 0 Å². The molecule has 0 bridgehead atoms. The third-order valence-corrected chi connectivity index (χ3v) is 5.50. The number of carbonyl (C=O) groups excluding carboxylic acids is 2. The van der Waals surface area contributed by atoms with E-state index >= 15 is 0 Å². The number of ketones is 1. The Morgan fingerprint density at radius 1 is 1.32 bits per heavy atom. The van der Waals surface area contributed by atoms with Crippen LogP contribution in [0.3, 0.4) is 0 Å². The standard InChI is InChI=1S/C20H22BrNO3/c1-3-11-25-20(24)17-12(2)22-15-9-6-10-16(23)19(15)18(17)13-7-4-5-8-14(13)21/h4-5,7-8,17-18H,3,6,9-11H2,1-2H3/t17?,18-/m1/s1. The fourth-order valence-corrected chi connectivity index (χ4v) is 4.20. The number of rotatable bonds is 4. The molecule has 0 aromatic heterocycles.